The highest BCUT2D eigenvalue weighted by Gasteiger charge is 2.44. The SMILES string of the molecule is CCSc1ccc(SC(P(=O)(O)O)P(=O)(O)O)cc1. The average Bonchev–Trinajstić information content (AvgIpc) is 2.25. The molecule has 0 radical (unpaired) electrons. The van der Waals surface area contributed by atoms with Crippen molar-refractivity contribution in [2.75, 3.05) is 5.75 Å². The fraction of sp³-hybridized carbons (Fsp3) is 0.333. The van der Waals surface area contributed by atoms with Crippen LogP contribution < -0.4 is 0 Å². The molecule has 4 N–H and O–H groups in total. The molecule has 0 aliphatic carbocycles. The second-order valence-corrected chi connectivity index (χ2v) is 10.5. The van der Waals surface area contributed by atoms with Crippen LogP contribution in [0.3, 0.4) is 0 Å². The van der Waals surface area contributed by atoms with Gasteiger partial charge in [-0.1, -0.05) is 18.7 Å². The molecule has 10 heteroatoms. The van der Waals surface area contributed by atoms with E-state index in [1.54, 1.807) is 36.0 Å². The van der Waals surface area contributed by atoms with Gasteiger partial charge in [-0.2, -0.15) is 0 Å². The molecule has 0 saturated carbocycles. The van der Waals surface area contributed by atoms with Gasteiger partial charge in [0.25, 0.3) is 0 Å². The maximum absolute atomic E-state index is 11.1. The first-order chi connectivity index (χ1) is 8.64. The third-order valence-electron chi connectivity index (χ3n) is 1.95. The van der Waals surface area contributed by atoms with Crippen LogP contribution in [0.4, 0.5) is 0 Å². The largest absolute Gasteiger partial charge is 0.351 e. The molecule has 0 aliphatic heterocycles. The number of hydrogen-bond acceptors (Lipinski definition) is 4. The Morgan fingerprint density at radius 3 is 1.79 bits per heavy atom. The second-order valence-electron chi connectivity index (χ2n) is 3.53. The van der Waals surface area contributed by atoms with Crippen molar-refractivity contribution in [3.05, 3.63) is 24.3 Å². The third-order valence-corrected chi connectivity index (χ3v) is 8.84. The van der Waals surface area contributed by atoms with Crippen LogP contribution >= 0.6 is 38.7 Å². The van der Waals surface area contributed by atoms with E-state index >= 15 is 0 Å². The molecule has 0 spiro atoms. The molecule has 0 saturated heterocycles. The summed E-state index contributed by atoms with van der Waals surface area (Å²) in [6, 6.07) is 6.65. The zero-order chi connectivity index (χ0) is 14.7. The predicted octanol–water partition coefficient (Wildman–Crippen LogP) is 2.53. The number of thioether (sulfide) groups is 2. The highest BCUT2D eigenvalue weighted by Crippen LogP contribution is 2.65. The summed E-state index contributed by atoms with van der Waals surface area (Å²) in [6.07, 6.45) is 0. The van der Waals surface area contributed by atoms with Crippen LogP contribution in [-0.4, -0.2) is 30.1 Å². The first-order valence-electron chi connectivity index (χ1n) is 5.14. The summed E-state index contributed by atoms with van der Waals surface area (Å²) in [5.41, 5.74) is 0. The molecule has 0 bridgehead atoms. The van der Waals surface area contributed by atoms with Crippen molar-refractivity contribution in [1.29, 1.82) is 0 Å². The Hall–Kier alpha value is 0.220. The van der Waals surface area contributed by atoms with Gasteiger partial charge in [-0.25, -0.2) is 0 Å². The Morgan fingerprint density at radius 2 is 1.42 bits per heavy atom. The molecule has 0 atom stereocenters. The van der Waals surface area contributed by atoms with Crippen LogP contribution in [0, 0.1) is 0 Å². The van der Waals surface area contributed by atoms with E-state index in [-0.39, 0.29) is 0 Å². The van der Waals surface area contributed by atoms with Crippen molar-refractivity contribution in [1.82, 2.24) is 0 Å². The normalized spacial score (nSPS) is 12.9. The average molecular weight is 344 g/mol. The van der Waals surface area contributed by atoms with E-state index in [1.165, 1.54) is 0 Å². The van der Waals surface area contributed by atoms with Gasteiger partial charge in [0.05, 0.1) is 0 Å². The summed E-state index contributed by atoms with van der Waals surface area (Å²) in [7, 11) is -9.79. The summed E-state index contributed by atoms with van der Waals surface area (Å²) in [5.74, 6) is 0.889. The smallest absolute Gasteiger partial charge is 0.323 e. The van der Waals surface area contributed by atoms with Gasteiger partial charge in [-0.05, 0) is 30.0 Å². The van der Waals surface area contributed by atoms with Crippen molar-refractivity contribution in [2.24, 2.45) is 0 Å². The third kappa shape index (κ3) is 5.61. The fourth-order valence-corrected chi connectivity index (χ4v) is 5.83. The lowest BCUT2D eigenvalue weighted by atomic mass is 10.4. The number of benzene rings is 1. The zero-order valence-corrected chi connectivity index (χ0v) is 13.3. The molecule has 1 aromatic carbocycles. The van der Waals surface area contributed by atoms with Crippen LogP contribution in [0.25, 0.3) is 0 Å². The first kappa shape index (κ1) is 17.3. The first-order valence-corrected chi connectivity index (χ1v) is 10.4. The topological polar surface area (TPSA) is 115 Å². The minimum atomic E-state index is -4.89. The Balaban J connectivity index is 2.92. The summed E-state index contributed by atoms with van der Waals surface area (Å²) < 4.78 is 20.2. The monoisotopic (exact) mass is 344 g/mol. The minimum Gasteiger partial charge on any atom is -0.323 e. The maximum Gasteiger partial charge on any atom is 0.351 e. The molecular formula is C9H14O6P2S2. The number of hydrogen-bond donors (Lipinski definition) is 4. The van der Waals surface area contributed by atoms with Crippen molar-refractivity contribution >= 4 is 38.7 Å². The molecular weight excluding hydrogens is 330 g/mol. The zero-order valence-electron chi connectivity index (χ0n) is 9.91. The van der Waals surface area contributed by atoms with Crippen molar-refractivity contribution in [2.45, 2.75) is 21.4 Å². The molecule has 0 unspecified atom stereocenters. The lowest BCUT2D eigenvalue weighted by molar-refractivity contribution is 0.352. The maximum atomic E-state index is 11.1. The quantitative estimate of drug-likeness (QED) is 0.460. The van der Waals surface area contributed by atoms with E-state index in [1.807, 2.05) is 6.92 Å². The Morgan fingerprint density at radius 1 is 1.00 bits per heavy atom. The Labute approximate surface area is 119 Å². The van der Waals surface area contributed by atoms with Gasteiger partial charge < -0.3 is 19.6 Å². The lowest BCUT2D eigenvalue weighted by Crippen LogP contribution is -2.04. The molecule has 6 nitrogen and oxygen atoms in total. The van der Waals surface area contributed by atoms with E-state index in [0.717, 1.165) is 10.6 Å². The van der Waals surface area contributed by atoms with Crippen molar-refractivity contribution in [3.63, 3.8) is 0 Å². The molecule has 1 rings (SSSR count). The van der Waals surface area contributed by atoms with E-state index in [4.69, 9.17) is 19.6 Å². The van der Waals surface area contributed by atoms with Crippen LogP contribution in [0.2, 0.25) is 0 Å². The Kier molecular flexibility index (Phi) is 6.17. The van der Waals surface area contributed by atoms with Gasteiger partial charge in [0, 0.05) is 9.79 Å². The van der Waals surface area contributed by atoms with Gasteiger partial charge in [0.15, 0.2) is 0 Å². The lowest BCUT2D eigenvalue weighted by Gasteiger charge is -2.18. The summed E-state index contributed by atoms with van der Waals surface area (Å²) >= 11 is 2.09. The standard InChI is InChI=1S/C9H14O6P2S2/c1-2-18-7-3-5-8(6-4-7)19-9(16(10,11)12)17(13,14)15/h3-6,9H,2H2,1H3,(H2,10,11,12)(H2,13,14,15). The molecule has 0 amide bonds. The van der Waals surface area contributed by atoms with Gasteiger partial charge in [-0.3, -0.25) is 9.13 Å². The molecule has 1 aromatic rings. The highest BCUT2D eigenvalue weighted by atomic mass is 32.2. The van der Waals surface area contributed by atoms with E-state index in [0.29, 0.717) is 16.7 Å². The van der Waals surface area contributed by atoms with Gasteiger partial charge in [0.2, 0.25) is 4.73 Å². The van der Waals surface area contributed by atoms with Crippen molar-refractivity contribution < 1.29 is 28.7 Å². The highest BCUT2D eigenvalue weighted by molar-refractivity contribution is 8.12. The van der Waals surface area contributed by atoms with Crippen LogP contribution in [0.1, 0.15) is 6.92 Å². The van der Waals surface area contributed by atoms with Crippen molar-refractivity contribution in [3.8, 4) is 0 Å². The molecule has 0 fully saturated rings. The summed E-state index contributed by atoms with van der Waals surface area (Å²) in [5, 5.41) is 0. The predicted molar refractivity (Wildman–Crippen MR) is 76.6 cm³/mol. The van der Waals surface area contributed by atoms with E-state index in [2.05, 4.69) is 0 Å². The van der Waals surface area contributed by atoms with E-state index in [9.17, 15) is 9.13 Å². The summed E-state index contributed by atoms with van der Waals surface area (Å²) in [6.45, 7) is 1.99. The second kappa shape index (κ2) is 6.78. The molecule has 0 aliphatic rings. The molecule has 108 valence electrons. The summed E-state index contributed by atoms with van der Waals surface area (Å²) in [4.78, 5) is 37.4. The Bertz CT molecular complexity index is 486. The van der Waals surface area contributed by atoms with E-state index < -0.39 is 19.9 Å². The number of rotatable bonds is 6. The van der Waals surface area contributed by atoms with Gasteiger partial charge >= 0.3 is 15.2 Å². The van der Waals surface area contributed by atoms with Gasteiger partial charge in [-0.15, -0.1) is 11.8 Å². The fourth-order valence-electron chi connectivity index (χ4n) is 1.24. The molecule has 19 heavy (non-hydrogen) atoms. The molecule has 0 aromatic heterocycles. The van der Waals surface area contributed by atoms with Gasteiger partial charge in [0.1, 0.15) is 0 Å². The van der Waals surface area contributed by atoms with Crippen LogP contribution in [0.5, 0.6) is 0 Å². The van der Waals surface area contributed by atoms with Crippen LogP contribution in [-0.2, 0) is 9.13 Å². The van der Waals surface area contributed by atoms with Crippen LogP contribution in [0.15, 0.2) is 34.1 Å². The minimum absolute atomic E-state index is 0.400. The molecule has 0 heterocycles.